The molecule has 4 N–H and O–H groups in total. The maximum atomic E-state index is 5.27. The second-order valence-corrected chi connectivity index (χ2v) is 5.10. The molecule has 0 aromatic heterocycles. The molecule has 0 aromatic rings. The van der Waals surface area contributed by atoms with Crippen LogP contribution in [0.2, 0.25) is 0 Å². The van der Waals surface area contributed by atoms with Crippen molar-refractivity contribution in [2.75, 3.05) is 7.05 Å². The first kappa shape index (κ1) is 11.1. The molecule has 0 aliphatic carbocycles. The van der Waals surface area contributed by atoms with Gasteiger partial charge >= 0.3 is 0 Å². The highest BCUT2D eigenvalue weighted by atomic mass is 32.1. The summed E-state index contributed by atoms with van der Waals surface area (Å²) in [5, 5.41) is 3.86. The van der Waals surface area contributed by atoms with Crippen molar-refractivity contribution in [1.82, 2.24) is 15.6 Å². The van der Waals surface area contributed by atoms with Gasteiger partial charge in [-0.3, -0.25) is 0 Å². The van der Waals surface area contributed by atoms with Crippen LogP contribution >= 0.6 is 12.2 Å². The van der Waals surface area contributed by atoms with Crippen LogP contribution in [0.3, 0.4) is 0 Å². The Bertz CT molecular complexity index is 232. The standard InChI is InChI=1S/C10H20N4S/c1-14-8-3-2-4-9(14)6-7(5-8)12-10(15)13-11/h7-9H,2-6,11H2,1H3,(H2,12,13,15). The fourth-order valence-corrected chi connectivity index (χ4v) is 3.13. The van der Waals surface area contributed by atoms with Crippen LogP contribution in [0.25, 0.3) is 0 Å². The predicted molar refractivity (Wildman–Crippen MR) is 65.3 cm³/mol. The molecule has 0 spiro atoms. The van der Waals surface area contributed by atoms with E-state index in [1.54, 1.807) is 0 Å². The Morgan fingerprint density at radius 1 is 1.33 bits per heavy atom. The summed E-state index contributed by atoms with van der Waals surface area (Å²) in [6.45, 7) is 0. The van der Waals surface area contributed by atoms with Crippen LogP contribution in [0.5, 0.6) is 0 Å². The zero-order valence-electron chi connectivity index (χ0n) is 9.20. The van der Waals surface area contributed by atoms with Crippen molar-refractivity contribution in [3.05, 3.63) is 0 Å². The van der Waals surface area contributed by atoms with E-state index in [1.807, 2.05) is 0 Å². The highest BCUT2D eigenvalue weighted by Gasteiger charge is 2.35. The third-order valence-corrected chi connectivity index (χ3v) is 4.04. The number of hydrogen-bond donors (Lipinski definition) is 3. The summed E-state index contributed by atoms with van der Waals surface area (Å²) in [7, 11) is 2.25. The molecule has 2 bridgehead atoms. The second kappa shape index (κ2) is 4.63. The number of fused-ring (bicyclic) bond motifs is 2. The van der Waals surface area contributed by atoms with Gasteiger partial charge in [-0.15, -0.1) is 0 Å². The van der Waals surface area contributed by atoms with Crippen molar-refractivity contribution in [1.29, 1.82) is 0 Å². The highest BCUT2D eigenvalue weighted by Crippen LogP contribution is 2.32. The Labute approximate surface area is 96.5 Å². The zero-order chi connectivity index (χ0) is 10.8. The summed E-state index contributed by atoms with van der Waals surface area (Å²) >= 11 is 5.04. The van der Waals surface area contributed by atoms with E-state index in [-0.39, 0.29) is 0 Å². The molecule has 2 fully saturated rings. The summed E-state index contributed by atoms with van der Waals surface area (Å²) in [5.41, 5.74) is 2.50. The summed E-state index contributed by atoms with van der Waals surface area (Å²) in [4.78, 5) is 2.54. The Kier molecular flexibility index (Phi) is 3.43. The van der Waals surface area contributed by atoms with E-state index in [0.717, 1.165) is 12.1 Å². The van der Waals surface area contributed by atoms with Crippen LogP contribution < -0.4 is 16.6 Å². The molecule has 0 amide bonds. The molecule has 2 rings (SSSR count). The summed E-state index contributed by atoms with van der Waals surface area (Å²) in [6.07, 6.45) is 6.41. The molecule has 2 unspecified atom stereocenters. The maximum Gasteiger partial charge on any atom is 0.180 e. The monoisotopic (exact) mass is 228 g/mol. The molecular formula is C10H20N4S. The van der Waals surface area contributed by atoms with Gasteiger partial charge in [-0.2, -0.15) is 0 Å². The number of nitrogens with one attached hydrogen (secondary N) is 2. The van der Waals surface area contributed by atoms with Crippen LogP contribution in [0.4, 0.5) is 0 Å². The Morgan fingerprint density at radius 3 is 2.47 bits per heavy atom. The fraction of sp³-hybridized carbons (Fsp3) is 0.900. The molecule has 2 aliphatic rings. The van der Waals surface area contributed by atoms with Crippen molar-refractivity contribution in [3.8, 4) is 0 Å². The van der Waals surface area contributed by atoms with Crippen LogP contribution in [0, 0.1) is 0 Å². The quantitative estimate of drug-likeness (QED) is 0.343. The SMILES string of the molecule is CN1C2CCCC1CC(NC(=S)NN)C2. The normalized spacial score (nSPS) is 36.0. The van der Waals surface area contributed by atoms with Crippen LogP contribution in [0.1, 0.15) is 32.1 Å². The van der Waals surface area contributed by atoms with Crippen LogP contribution in [-0.4, -0.2) is 35.2 Å². The van der Waals surface area contributed by atoms with Gasteiger partial charge in [0.2, 0.25) is 0 Å². The van der Waals surface area contributed by atoms with Gasteiger partial charge < -0.3 is 15.6 Å². The average molecular weight is 228 g/mol. The third-order valence-electron chi connectivity index (χ3n) is 3.81. The minimum atomic E-state index is 0.500. The molecule has 15 heavy (non-hydrogen) atoms. The van der Waals surface area contributed by atoms with E-state index in [9.17, 15) is 0 Å². The van der Waals surface area contributed by atoms with Gasteiger partial charge in [0, 0.05) is 18.1 Å². The fourth-order valence-electron chi connectivity index (χ4n) is 2.96. The smallest absolute Gasteiger partial charge is 0.180 e. The molecule has 4 nitrogen and oxygen atoms in total. The lowest BCUT2D eigenvalue weighted by Gasteiger charge is -2.47. The van der Waals surface area contributed by atoms with Gasteiger partial charge in [0.05, 0.1) is 0 Å². The lowest BCUT2D eigenvalue weighted by molar-refractivity contribution is 0.0528. The van der Waals surface area contributed by atoms with Gasteiger partial charge in [-0.05, 0) is 44.9 Å². The Morgan fingerprint density at radius 2 is 1.93 bits per heavy atom. The first-order valence-corrected chi connectivity index (χ1v) is 6.10. The average Bonchev–Trinajstić information content (AvgIpc) is 2.19. The van der Waals surface area contributed by atoms with E-state index in [4.69, 9.17) is 18.1 Å². The Balaban J connectivity index is 1.92. The molecule has 2 saturated heterocycles. The molecule has 86 valence electrons. The summed E-state index contributed by atoms with van der Waals surface area (Å²) in [5.74, 6) is 5.27. The van der Waals surface area contributed by atoms with E-state index in [1.165, 1.54) is 32.1 Å². The predicted octanol–water partition coefficient (Wildman–Crippen LogP) is 0.340. The second-order valence-electron chi connectivity index (χ2n) is 4.69. The van der Waals surface area contributed by atoms with E-state index in [2.05, 4.69) is 22.7 Å². The lowest BCUT2D eigenvalue weighted by Crippen LogP contribution is -2.56. The van der Waals surface area contributed by atoms with Gasteiger partial charge in [0.1, 0.15) is 0 Å². The number of hydrogen-bond acceptors (Lipinski definition) is 3. The molecule has 0 radical (unpaired) electrons. The van der Waals surface area contributed by atoms with E-state index in [0.29, 0.717) is 11.2 Å². The zero-order valence-corrected chi connectivity index (χ0v) is 10.0. The lowest BCUT2D eigenvalue weighted by atomic mass is 9.82. The first-order chi connectivity index (χ1) is 7.20. The van der Waals surface area contributed by atoms with Gasteiger partial charge in [-0.25, -0.2) is 5.84 Å². The Hall–Kier alpha value is -0.390. The number of hydrazine groups is 1. The van der Waals surface area contributed by atoms with Crippen molar-refractivity contribution in [3.63, 3.8) is 0 Å². The van der Waals surface area contributed by atoms with E-state index < -0.39 is 0 Å². The molecular weight excluding hydrogens is 208 g/mol. The van der Waals surface area contributed by atoms with Crippen molar-refractivity contribution in [2.24, 2.45) is 5.84 Å². The van der Waals surface area contributed by atoms with Crippen LogP contribution in [0.15, 0.2) is 0 Å². The van der Waals surface area contributed by atoms with Crippen molar-refractivity contribution in [2.45, 2.75) is 50.2 Å². The number of thiocarbonyl (C=S) groups is 1. The summed E-state index contributed by atoms with van der Waals surface area (Å²) < 4.78 is 0. The maximum absolute atomic E-state index is 5.27. The number of nitrogens with two attached hydrogens (primary N) is 1. The number of piperidine rings is 2. The minimum absolute atomic E-state index is 0.500. The van der Waals surface area contributed by atoms with Crippen molar-refractivity contribution >= 4 is 17.3 Å². The molecule has 2 atom stereocenters. The van der Waals surface area contributed by atoms with Gasteiger partial charge in [0.25, 0.3) is 0 Å². The number of nitrogens with zero attached hydrogens (tertiary/aromatic N) is 1. The first-order valence-electron chi connectivity index (χ1n) is 5.69. The molecule has 0 saturated carbocycles. The van der Waals surface area contributed by atoms with Gasteiger partial charge in [0.15, 0.2) is 5.11 Å². The molecule has 0 aromatic carbocycles. The third kappa shape index (κ3) is 2.41. The number of rotatable bonds is 1. The largest absolute Gasteiger partial charge is 0.359 e. The van der Waals surface area contributed by atoms with Crippen molar-refractivity contribution < 1.29 is 0 Å². The highest BCUT2D eigenvalue weighted by molar-refractivity contribution is 7.80. The van der Waals surface area contributed by atoms with E-state index >= 15 is 0 Å². The topological polar surface area (TPSA) is 53.3 Å². The molecule has 5 heteroatoms. The molecule has 2 heterocycles. The van der Waals surface area contributed by atoms with Crippen LogP contribution in [-0.2, 0) is 0 Å². The molecule has 2 aliphatic heterocycles. The summed E-state index contributed by atoms with van der Waals surface area (Å²) in [6, 6.07) is 1.96. The van der Waals surface area contributed by atoms with Gasteiger partial charge in [-0.1, -0.05) is 6.42 Å². The minimum Gasteiger partial charge on any atom is -0.359 e.